The summed E-state index contributed by atoms with van der Waals surface area (Å²) in [5.41, 5.74) is 0. The van der Waals surface area contributed by atoms with Gasteiger partial charge in [-0.15, -0.1) is 0 Å². The molecule has 0 aliphatic carbocycles. The van der Waals surface area contributed by atoms with Gasteiger partial charge in [-0.1, -0.05) is 13.3 Å². The van der Waals surface area contributed by atoms with Crippen molar-refractivity contribution in [3.05, 3.63) is 0 Å². The van der Waals surface area contributed by atoms with Gasteiger partial charge in [0.2, 0.25) is 0 Å². The Balaban J connectivity index is 4.09. The predicted molar refractivity (Wildman–Crippen MR) is 42.2 cm³/mol. The molecule has 0 aromatic carbocycles. The van der Waals surface area contributed by atoms with Crippen molar-refractivity contribution in [1.29, 1.82) is 0 Å². The molecule has 4 heteroatoms. The lowest BCUT2D eigenvalue weighted by atomic mass is 10.0. The van der Waals surface area contributed by atoms with Gasteiger partial charge in [-0.2, -0.15) is 4.89 Å². The quantitative estimate of drug-likeness (QED) is 0.356. The molecule has 0 saturated carbocycles. The van der Waals surface area contributed by atoms with E-state index in [0.717, 1.165) is 6.42 Å². The Morgan fingerprint density at radius 3 is 2.33 bits per heavy atom. The molecule has 0 heterocycles. The van der Waals surface area contributed by atoms with Crippen LogP contribution in [-0.2, 0) is 19.4 Å². The standard InChI is InChI=1S/C8H14O4/c1-4-5-7(6(2)9)8(10)12-11-3/h7H,4-5H2,1-3H3. The summed E-state index contributed by atoms with van der Waals surface area (Å²) in [5.74, 6) is -1.46. The zero-order chi connectivity index (χ0) is 9.56. The molecule has 12 heavy (non-hydrogen) atoms. The van der Waals surface area contributed by atoms with Crippen molar-refractivity contribution < 1.29 is 19.4 Å². The maximum Gasteiger partial charge on any atom is 0.352 e. The first kappa shape index (κ1) is 11.1. The van der Waals surface area contributed by atoms with Crippen LogP contribution in [0.25, 0.3) is 0 Å². The zero-order valence-corrected chi connectivity index (χ0v) is 7.62. The monoisotopic (exact) mass is 174 g/mol. The van der Waals surface area contributed by atoms with E-state index in [9.17, 15) is 9.59 Å². The molecular formula is C8H14O4. The summed E-state index contributed by atoms with van der Waals surface area (Å²) in [5, 5.41) is 0. The lowest BCUT2D eigenvalue weighted by Crippen LogP contribution is -2.23. The van der Waals surface area contributed by atoms with Gasteiger partial charge in [-0.3, -0.25) is 9.68 Å². The maximum atomic E-state index is 11.0. The molecule has 1 unspecified atom stereocenters. The number of hydrogen-bond donors (Lipinski definition) is 0. The summed E-state index contributed by atoms with van der Waals surface area (Å²) in [6.07, 6.45) is 1.28. The number of ketones is 1. The first-order valence-corrected chi connectivity index (χ1v) is 3.88. The van der Waals surface area contributed by atoms with Gasteiger partial charge in [-0.25, -0.2) is 4.79 Å². The highest BCUT2D eigenvalue weighted by Crippen LogP contribution is 2.09. The van der Waals surface area contributed by atoms with Crippen LogP contribution in [-0.4, -0.2) is 18.9 Å². The Hall–Kier alpha value is -0.900. The molecule has 1 atom stereocenters. The Morgan fingerprint density at radius 1 is 1.42 bits per heavy atom. The second-order valence-electron chi connectivity index (χ2n) is 2.52. The lowest BCUT2D eigenvalue weighted by Gasteiger charge is -2.08. The highest BCUT2D eigenvalue weighted by Gasteiger charge is 2.24. The minimum Gasteiger partial charge on any atom is -0.299 e. The Labute approximate surface area is 71.8 Å². The third kappa shape index (κ3) is 3.48. The Bertz CT molecular complexity index is 164. The second kappa shape index (κ2) is 5.71. The molecule has 0 N–H and O–H groups in total. The normalized spacial score (nSPS) is 12.2. The first-order valence-electron chi connectivity index (χ1n) is 3.88. The molecule has 4 nitrogen and oxygen atoms in total. The van der Waals surface area contributed by atoms with Gasteiger partial charge in [0.15, 0.2) is 0 Å². The van der Waals surface area contributed by atoms with Crippen LogP contribution in [0.2, 0.25) is 0 Å². The van der Waals surface area contributed by atoms with Crippen molar-refractivity contribution in [1.82, 2.24) is 0 Å². The molecule has 0 bridgehead atoms. The van der Waals surface area contributed by atoms with Gasteiger partial charge in [0.05, 0.1) is 7.11 Å². The molecule has 0 rings (SSSR count). The van der Waals surface area contributed by atoms with E-state index in [1.165, 1.54) is 14.0 Å². The SMILES string of the molecule is CCCC(C(C)=O)C(=O)OOC. The summed E-state index contributed by atoms with van der Waals surface area (Å²) >= 11 is 0. The number of Topliss-reactive ketones (excluding diaryl/α,β-unsaturated/α-hetero) is 1. The molecule has 0 radical (unpaired) electrons. The molecule has 0 aromatic rings. The van der Waals surface area contributed by atoms with Crippen LogP contribution in [0.15, 0.2) is 0 Å². The Kier molecular flexibility index (Phi) is 5.28. The van der Waals surface area contributed by atoms with E-state index >= 15 is 0 Å². The van der Waals surface area contributed by atoms with E-state index < -0.39 is 11.9 Å². The molecule has 0 aliphatic rings. The summed E-state index contributed by atoms with van der Waals surface area (Å²) < 4.78 is 0. The van der Waals surface area contributed by atoms with E-state index in [4.69, 9.17) is 0 Å². The highest BCUT2D eigenvalue weighted by molar-refractivity contribution is 5.97. The van der Waals surface area contributed by atoms with Crippen LogP contribution in [0.3, 0.4) is 0 Å². The van der Waals surface area contributed by atoms with Gasteiger partial charge in [-0.05, 0) is 13.3 Å². The van der Waals surface area contributed by atoms with Crippen molar-refractivity contribution in [3.8, 4) is 0 Å². The Morgan fingerprint density at radius 2 is 2.00 bits per heavy atom. The third-order valence-corrected chi connectivity index (χ3v) is 1.52. The largest absolute Gasteiger partial charge is 0.352 e. The van der Waals surface area contributed by atoms with E-state index in [1.807, 2.05) is 6.92 Å². The highest BCUT2D eigenvalue weighted by atomic mass is 17.2. The molecule has 70 valence electrons. The summed E-state index contributed by atoms with van der Waals surface area (Å²) in [7, 11) is 1.24. The molecule has 0 aromatic heterocycles. The molecule has 0 spiro atoms. The lowest BCUT2D eigenvalue weighted by molar-refractivity contribution is -0.258. The van der Waals surface area contributed by atoms with Crippen LogP contribution < -0.4 is 0 Å². The average Bonchev–Trinajstić information content (AvgIpc) is 1.99. The summed E-state index contributed by atoms with van der Waals surface area (Å²) in [4.78, 5) is 30.3. The molecule has 0 amide bonds. The van der Waals surface area contributed by atoms with Crippen molar-refractivity contribution in [2.45, 2.75) is 26.7 Å². The number of rotatable bonds is 5. The topological polar surface area (TPSA) is 52.6 Å². The molecular weight excluding hydrogens is 160 g/mol. The van der Waals surface area contributed by atoms with Crippen LogP contribution in [0.4, 0.5) is 0 Å². The second-order valence-corrected chi connectivity index (χ2v) is 2.52. The zero-order valence-electron chi connectivity index (χ0n) is 7.62. The van der Waals surface area contributed by atoms with Gasteiger partial charge in [0.1, 0.15) is 11.7 Å². The first-order chi connectivity index (χ1) is 5.63. The van der Waals surface area contributed by atoms with Crippen molar-refractivity contribution >= 4 is 11.8 Å². The van der Waals surface area contributed by atoms with E-state index in [-0.39, 0.29) is 5.78 Å². The fourth-order valence-electron chi connectivity index (χ4n) is 0.916. The van der Waals surface area contributed by atoms with Crippen LogP contribution >= 0.6 is 0 Å². The van der Waals surface area contributed by atoms with Gasteiger partial charge in [0, 0.05) is 0 Å². The molecule has 0 saturated heterocycles. The van der Waals surface area contributed by atoms with Crippen molar-refractivity contribution in [2.75, 3.05) is 7.11 Å². The van der Waals surface area contributed by atoms with Gasteiger partial charge >= 0.3 is 5.97 Å². The number of carbonyl (C=O) groups is 2. The maximum absolute atomic E-state index is 11.0. The van der Waals surface area contributed by atoms with Crippen LogP contribution in [0.1, 0.15) is 26.7 Å². The number of carbonyl (C=O) groups excluding carboxylic acids is 2. The summed E-state index contributed by atoms with van der Waals surface area (Å²) in [6, 6.07) is 0. The van der Waals surface area contributed by atoms with Crippen LogP contribution in [0.5, 0.6) is 0 Å². The molecule has 0 aliphatic heterocycles. The average molecular weight is 174 g/mol. The van der Waals surface area contributed by atoms with E-state index in [2.05, 4.69) is 9.78 Å². The minimum absolute atomic E-state index is 0.182. The van der Waals surface area contributed by atoms with E-state index in [0.29, 0.717) is 6.42 Å². The smallest absolute Gasteiger partial charge is 0.299 e. The third-order valence-electron chi connectivity index (χ3n) is 1.52. The van der Waals surface area contributed by atoms with Crippen molar-refractivity contribution in [3.63, 3.8) is 0 Å². The minimum atomic E-state index is -0.671. The van der Waals surface area contributed by atoms with Gasteiger partial charge in [0.25, 0.3) is 0 Å². The molecule has 0 fully saturated rings. The fourth-order valence-corrected chi connectivity index (χ4v) is 0.916. The predicted octanol–water partition coefficient (Wildman–Crippen LogP) is 1.10. The van der Waals surface area contributed by atoms with Crippen molar-refractivity contribution in [2.24, 2.45) is 5.92 Å². The fraction of sp³-hybridized carbons (Fsp3) is 0.750. The number of hydrogen-bond acceptors (Lipinski definition) is 4. The van der Waals surface area contributed by atoms with E-state index in [1.54, 1.807) is 0 Å². The van der Waals surface area contributed by atoms with Gasteiger partial charge < -0.3 is 0 Å². The van der Waals surface area contributed by atoms with Crippen LogP contribution in [0, 0.1) is 5.92 Å². The summed E-state index contributed by atoms with van der Waals surface area (Å²) in [6.45, 7) is 3.27.